The Bertz CT molecular complexity index is 621. The van der Waals surface area contributed by atoms with Crippen molar-refractivity contribution in [2.75, 3.05) is 5.32 Å². The average Bonchev–Trinajstić information content (AvgIpc) is 2.22. The smallest absolute Gasteiger partial charge is 0.264 e. The number of pyridine rings is 1. The molecule has 5 nitrogen and oxygen atoms in total. The number of aryl methyl sites for hydroxylation is 1. The topological polar surface area (TPSA) is 59.8 Å². The standard InChI is InChI=1S/C11H13ClN4O/c1-6(2)14-10-9-7(4-8(12)15-10)13-5-16(3)11(9)17/h4-6H,1-3H3,(H,14,15). The fourth-order valence-corrected chi connectivity index (χ4v) is 1.76. The van der Waals surface area contributed by atoms with Crippen molar-refractivity contribution in [3.63, 3.8) is 0 Å². The van der Waals surface area contributed by atoms with Gasteiger partial charge in [-0.25, -0.2) is 9.97 Å². The van der Waals surface area contributed by atoms with Crippen molar-refractivity contribution in [3.8, 4) is 0 Å². The van der Waals surface area contributed by atoms with Gasteiger partial charge in [0.15, 0.2) is 0 Å². The molecule has 0 aliphatic rings. The maximum atomic E-state index is 12.0. The van der Waals surface area contributed by atoms with E-state index in [0.29, 0.717) is 21.9 Å². The van der Waals surface area contributed by atoms with E-state index in [9.17, 15) is 4.79 Å². The molecule has 17 heavy (non-hydrogen) atoms. The summed E-state index contributed by atoms with van der Waals surface area (Å²) in [5.74, 6) is 0.483. The second-order valence-electron chi connectivity index (χ2n) is 4.15. The van der Waals surface area contributed by atoms with Crippen LogP contribution in [0.1, 0.15) is 13.8 Å². The van der Waals surface area contributed by atoms with E-state index >= 15 is 0 Å². The molecule has 0 atom stereocenters. The summed E-state index contributed by atoms with van der Waals surface area (Å²) in [6.07, 6.45) is 1.47. The predicted octanol–water partition coefficient (Wildman–Crippen LogP) is 1.80. The molecule has 2 rings (SSSR count). The molecule has 2 heterocycles. The van der Waals surface area contributed by atoms with Gasteiger partial charge in [0.2, 0.25) is 0 Å². The fraction of sp³-hybridized carbons (Fsp3) is 0.364. The van der Waals surface area contributed by atoms with Gasteiger partial charge in [-0.2, -0.15) is 0 Å². The molecule has 6 heteroatoms. The Kier molecular flexibility index (Phi) is 3.02. The van der Waals surface area contributed by atoms with E-state index in [2.05, 4.69) is 15.3 Å². The predicted molar refractivity (Wildman–Crippen MR) is 68.5 cm³/mol. The largest absolute Gasteiger partial charge is 0.367 e. The fourth-order valence-electron chi connectivity index (χ4n) is 1.57. The van der Waals surface area contributed by atoms with Crippen LogP contribution in [0.15, 0.2) is 17.2 Å². The van der Waals surface area contributed by atoms with Crippen LogP contribution in [0.3, 0.4) is 0 Å². The summed E-state index contributed by atoms with van der Waals surface area (Å²) in [5.41, 5.74) is 0.415. The quantitative estimate of drug-likeness (QED) is 0.828. The van der Waals surface area contributed by atoms with E-state index in [1.807, 2.05) is 13.8 Å². The Morgan fingerprint density at radius 1 is 1.47 bits per heavy atom. The number of hydrogen-bond donors (Lipinski definition) is 1. The second-order valence-corrected chi connectivity index (χ2v) is 4.53. The Morgan fingerprint density at radius 3 is 2.82 bits per heavy atom. The van der Waals surface area contributed by atoms with Crippen molar-refractivity contribution in [3.05, 3.63) is 27.9 Å². The molecule has 0 bridgehead atoms. The third-order valence-corrected chi connectivity index (χ3v) is 2.49. The number of hydrogen-bond acceptors (Lipinski definition) is 4. The van der Waals surface area contributed by atoms with E-state index < -0.39 is 0 Å². The van der Waals surface area contributed by atoms with Gasteiger partial charge in [0, 0.05) is 19.2 Å². The molecule has 0 spiro atoms. The van der Waals surface area contributed by atoms with Gasteiger partial charge in [-0.05, 0) is 13.8 Å². The first-order valence-electron chi connectivity index (χ1n) is 5.27. The van der Waals surface area contributed by atoms with E-state index in [0.717, 1.165) is 0 Å². The van der Waals surface area contributed by atoms with Crippen LogP contribution < -0.4 is 10.9 Å². The first-order valence-corrected chi connectivity index (χ1v) is 5.65. The Morgan fingerprint density at radius 2 is 2.18 bits per heavy atom. The summed E-state index contributed by atoms with van der Waals surface area (Å²) < 4.78 is 1.42. The Balaban J connectivity index is 2.80. The Labute approximate surface area is 103 Å². The molecule has 1 N–H and O–H groups in total. The highest BCUT2D eigenvalue weighted by Gasteiger charge is 2.11. The highest BCUT2D eigenvalue weighted by molar-refractivity contribution is 6.30. The number of rotatable bonds is 2. The number of aromatic nitrogens is 3. The molecular formula is C11H13ClN4O. The van der Waals surface area contributed by atoms with Crippen LogP contribution in [0, 0.1) is 0 Å². The summed E-state index contributed by atoms with van der Waals surface area (Å²) in [4.78, 5) is 20.4. The van der Waals surface area contributed by atoms with Crippen LogP contribution in [0.2, 0.25) is 5.15 Å². The van der Waals surface area contributed by atoms with Crippen LogP contribution in [-0.2, 0) is 7.05 Å². The van der Waals surface area contributed by atoms with Crippen molar-refractivity contribution >= 4 is 28.3 Å². The molecule has 0 unspecified atom stereocenters. The lowest BCUT2D eigenvalue weighted by atomic mass is 10.2. The third-order valence-electron chi connectivity index (χ3n) is 2.30. The number of fused-ring (bicyclic) bond motifs is 1. The molecule has 2 aromatic rings. The zero-order valence-electron chi connectivity index (χ0n) is 9.86. The second kappa shape index (κ2) is 4.33. The summed E-state index contributed by atoms with van der Waals surface area (Å²) in [5, 5.41) is 3.89. The van der Waals surface area contributed by atoms with E-state index in [-0.39, 0.29) is 11.6 Å². The lowest BCUT2D eigenvalue weighted by Crippen LogP contribution is -2.20. The van der Waals surface area contributed by atoms with Crippen molar-refractivity contribution < 1.29 is 0 Å². The van der Waals surface area contributed by atoms with E-state index in [1.165, 1.54) is 10.9 Å². The maximum Gasteiger partial charge on any atom is 0.264 e. The average molecular weight is 253 g/mol. The molecule has 0 aromatic carbocycles. The molecule has 0 radical (unpaired) electrons. The molecule has 0 saturated carbocycles. The maximum absolute atomic E-state index is 12.0. The van der Waals surface area contributed by atoms with Crippen molar-refractivity contribution in [2.24, 2.45) is 7.05 Å². The number of halogens is 1. The van der Waals surface area contributed by atoms with E-state index in [1.54, 1.807) is 13.1 Å². The zero-order chi connectivity index (χ0) is 12.6. The third kappa shape index (κ3) is 2.24. The van der Waals surface area contributed by atoms with Crippen LogP contribution >= 0.6 is 11.6 Å². The van der Waals surface area contributed by atoms with Gasteiger partial charge in [-0.1, -0.05) is 11.6 Å². The van der Waals surface area contributed by atoms with Gasteiger partial charge >= 0.3 is 0 Å². The van der Waals surface area contributed by atoms with Crippen LogP contribution in [0.4, 0.5) is 5.82 Å². The number of nitrogens with zero attached hydrogens (tertiary/aromatic N) is 3. The molecule has 90 valence electrons. The molecule has 0 aliphatic heterocycles. The first kappa shape index (κ1) is 11.9. The lowest BCUT2D eigenvalue weighted by Gasteiger charge is -2.11. The summed E-state index contributed by atoms with van der Waals surface area (Å²) >= 11 is 5.90. The molecule has 0 fully saturated rings. The molecule has 0 aliphatic carbocycles. The highest BCUT2D eigenvalue weighted by atomic mass is 35.5. The molecular weight excluding hydrogens is 240 g/mol. The Hall–Kier alpha value is -1.62. The zero-order valence-corrected chi connectivity index (χ0v) is 10.6. The minimum atomic E-state index is -0.137. The highest BCUT2D eigenvalue weighted by Crippen LogP contribution is 2.20. The summed E-state index contributed by atoms with van der Waals surface area (Å²) in [7, 11) is 1.66. The summed E-state index contributed by atoms with van der Waals surface area (Å²) in [6.45, 7) is 3.94. The SMILES string of the molecule is CC(C)Nc1nc(Cl)cc2ncn(C)c(=O)c12. The first-order chi connectivity index (χ1) is 7.99. The van der Waals surface area contributed by atoms with Gasteiger partial charge in [0.25, 0.3) is 5.56 Å². The van der Waals surface area contributed by atoms with Crippen molar-refractivity contribution in [2.45, 2.75) is 19.9 Å². The van der Waals surface area contributed by atoms with Crippen molar-refractivity contribution in [1.82, 2.24) is 14.5 Å². The van der Waals surface area contributed by atoms with Gasteiger partial charge in [0.1, 0.15) is 16.4 Å². The van der Waals surface area contributed by atoms with Crippen LogP contribution in [0.25, 0.3) is 10.9 Å². The molecule has 0 amide bonds. The monoisotopic (exact) mass is 252 g/mol. The van der Waals surface area contributed by atoms with Gasteiger partial charge < -0.3 is 9.88 Å². The van der Waals surface area contributed by atoms with Crippen LogP contribution in [-0.4, -0.2) is 20.6 Å². The minimum absolute atomic E-state index is 0.137. The number of anilines is 1. The normalized spacial score (nSPS) is 11.1. The van der Waals surface area contributed by atoms with Gasteiger partial charge in [-0.15, -0.1) is 0 Å². The molecule has 2 aromatic heterocycles. The van der Waals surface area contributed by atoms with Crippen LogP contribution in [0.5, 0.6) is 0 Å². The summed E-state index contributed by atoms with van der Waals surface area (Å²) in [6, 6.07) is 1.75. The minimum Gasteiger partial charge on any atom is -0.367 e. The number of nitrogens with one attached hydrogen (secondary N) is 1. The lowest BCUT2D eigenvalue weighted by molar-refractivity contribution is 0.839. The van der Waals surface area contributed by atoms with Gasteiger partial charge in [0.05, 0.1) is 11.8 Å². The molecule has 0 saturated heterocycles. The van der Waals surface area contributed by atoms with Gasteiger partial charge in [-0.3, -0.25) is 4.79 Å². The van der Waals surface area contributed by atoms with Crippen molar-refractivity contribution in [1.29, 1.82) is 0 Å². The van der Waals surface area contributed by atoms with E-state index in [4.69, 9.17) is 11.6 Å².